The minimum absolute atomic E-state index is 0.232. The van der Waals surface area contributed by atoms with E-state index in [1.807, 2.05) is 13.8 Å². The fourth-order valence-corrected chi connectivity index (χ4v) is 3.02. The normalized spacial score (nSPS) is 33.2. The van der Waals surface area contributed by atoms with Crippen LogP contribution >= 0.6 is 15.9 Å². The quantitative estimate of drug-likeness (QED) is 0.546. The van der Waals surface area contributed by atoms with E-state index in [0.29, 0.717) is 0 Å². The van der Waals surface area contributed by atoms with Gasteiger partial charge in [-0.1, -0.05) is 48.0 Å². The van der Waals surface area contributed by atoms with E-state index in [9.17, 15) is 0 Å². The van der Waals surface area contributed by atoms with Gasteiger partial charge in [0.1, 0.15) is 0 Å². The molecule has 1 aliphatic heterocycles. The van der Waals surface area contributed by atoms with E-state index in [0.717, 1.165) is 17.7 Å². The Morgan fingerprint density at radius 1 is 1.06 bits per heavy atom. The largest absolute Gasteiger partial charge is 0.345 e. The first-order valence-corrected chi connectivity index (χ1v) is 7.64. The van der Waals surface area contributed by atoms with Crippen molar-refractivity contribution in [2.75, 3.05) is 5.33 Å². The van der Waals surface area contributed by atoms with Crippen molar-refractivity contribution < 1.29 is 9.47 Å². The Labute approximate surface area is 107 Å². The lowest BCUT2D eigenvalue weighted by atomic mass is 10.1. The van der Waals surface area contributed by atoms with Gasteiger partial charge in [-0.3, -0.25) is 0 Å². The van der Waals surface area contributed by atoms with E-state index in [1.54, 1.807) is 0 Å². The lowest BCUT2D eigenvalue weighted by Gasteiger charge is -2.16. The van der Waals surface area contributed by atoms with Crippen LogP contribution in [0.2, 0.25) is 0 Å². The van der Waals surface area contributed by atoms with Crippen LogP contribution in [0.5, 0.6) is 0 Å². The van der Waals surface area contributed by atoms with Gasteiger partial charge in [0.05, 0.1) is 12.2 Å². The molecule has 1 saturated heterocycles. The molecule has 1 saturated carbocycles. The molecule has 2 rings (SSSR count). The predicted octanol–water partition coefficient (Wildman–Crippen LogP) is 3.87. The Hall–Kier alpha value is 0.400. The minimum atomic E-state index is -0.389. The third-order valence-corrected chi connectivity index (χ3v) is 4.12. The van der Waals surface area contributed by atoms with Gasteiger partial charge in [0.25, 0.3) is 0 Å². The molecule has 3 heteroatoms. The molecule has 1 heterocycles. The molecule has 0 unspecified atom stereocenters. The highest BCUT2D eigenvalue weighted by molar-refractivity contribution is 9.09. The summed E-state index contributed by atoms with van der Waals surface area (Å²) in [5, 5.41) is 0.879. The van der Waals surface area contributed by atoms with Crippen LogP contribution in [0.1, 0.15) is 52.4 Å². The molecule has 0 aromatic carbocycles. The first-order valence-electron chi connectivity index (χ1n) is 6.52. The summed E-state index contributed by atoms with van der Waals surface area (Å²) in [6, 6.07) is 0. The van der Waals surface area contributed by atoms with Gasteiger partial charge < -0.3 is 9.47 Å². The second kappa shape index (κ2) is 5.36. The highest BCUT2D eigenvalue weighted by Crippen LogP contribution is 2.35. The van der Waals surface area contributed by atoms with Crippen molar-refractivity contribution in [1.82, 2.24) is 0 Å². The van der Waals surface area contributed by atoms with Crippen LogP contribution in [0.15, 0.2) is 0 Å². The fraction of sp³-hybridized carbons (Fsp3) is 1.00. The molecule has 0 bridgehead atoms. The number of hydrogen-bond donors (Lipinski definition) is 0. The molecular formula is C13H23BrO2. The molecule has 2 nitrogen and oxygen atoms in total. The number of halogens is 1. The fourth-order valence-electron chi connectivity index (χ4n) is 2.47. The summed E-state index contributed by atoms with van der Waals surface area (Å²) >= 11 is 3.51. The van der Waals surface area contributed by atoms with Gasteiger partial charge in [0.2, 0.25) is 0 Å². The summed E-state index contributed by atoms with van der Waals surface area (Å²) in [7, 11) is 0. The van der Waals surface area contributed by atoms with Gasteiger partial charge in [-0.05, 0) is 26.2 Å². The van der Waals surface area contributed by atoms with Crippen molar-refractivity contribution in [3.63, 3.8) is 0 Å². The molecule has 2 atom stereocenters. The third kappa shape index (κ3) is 3.71. The van der Waals surface area contributed by atoms with Gasteiger partial charge >= 0.3 is 0 Å². The van der Waals surface area contributed by atoms with Crippen LogP contribution in [0.4, 0.5) is 0 Å². The van der Waals surface area contributed by atoms with E-state index in [4.69, 9.17) is 9.47 Å². The van der Waals surface area contributed by atoms with E-state index < -0.39 is 0 Å². The van der Waals surface area contributed by atoms with Crippen molar-refractivity contribution in [3.8, 4) is 0 Å². The number of alkyl halides is 1. The highest BCUT2D eigenvalue weighted by Gasteiger charge is 2.40. The van der Waals surface area contributed by atoms with Crippen LogP contribution in [0, 0.1) is 5.92 Å². The number of unbranched alkanes of at least 4 members (excludes halogenated alkanes) is 1. The van der Waals surface area contributed by atoms with Gasteiger partial charge in [-0.2, -0.15) is 0 Å². The van der Waals surface area contributed by atoms with E-state index in [1.165, 1.54) is 32.1 Å². The molecule has 0 radical (unpaired) electrons. The first kappa shape index (κ1) is 12.8. The third-order valence-electron chi connectivity index (χ3n) is 3.49. The zero-order valence-electron chi connectivity index (χ0n) is 10.4. The molecule has 0 aromatic heterocycles. The maximum Gasteiger partial charge on any atom is 0.163 e. The standard InChI is InChI=1S/C13H23BrO2/c1-13(2)15-11(12(9-14)16-13)6-4-3-5-10-7-8-10/h10-12H,3-9H2,1-2H3/t11-,12-/m1/s1. The van der Waals surface area contributed by atoms with Crippen molar-refractivity contribution >= 4 is 15.9 Å². The topological polar surface area (TPSA) is 18.5 Å². The van der Waals surface area contributed by atoms with E-state index >= 15 is 0 Å². The molecule has 2 fully saturated rings. The lowest BCUT2D eigenvalue weighted by molar-refractivity contribution is -0.145. The zero-order valence-corrected chi connectivity index (χ0v) is 12.0. The predicted molar refractivity (Wildman–Crippen MR) is 68.8 cm³/mol. The van der Waals surface area contributed by atoms with Crippen LogP contribution in [0.3, 0.4) is 0 Å². The summed E-state index contributed by atoms with van der Waals surface area (Å²) in [4.78, 5) is 0. The Kier molecular flexibility index (Phi) is 4.31. The van der Waals surface area contributed by atoms with Crippen molar-refractivity contribution in [3.05, 3.63) is 0 Å². The molecule has 2 aliphatic rings. The second-order valence-electron chi connectivity index (χ2n) is 5.59. The maximum atomic E-state index is 5.92. The molecule has 16 heavy (non-hydrogen) atoms. The van der Waals surface area contributed by atoms with Crippen LogP contribution in [-0.4, -0.2) is 23.3 Å². The summed E-state index contributed by atoms with van der Waals surface area (Å²) in [6.07, 6.45) is 8.68. The van der Waals surface area contributed by atoms with Gasteiger partial charge in [0, 0.05) is 5.33 Å². The Morgan fingerprint density at radius 3 is 2.31 bits per heavy atom. The van der Waals surface area contributed by atoms with E-state index in [-0.39, 0.29) is 18.0 Å². The average Bonchev–Trinajstić information content (AvgIpc) is 2.98. The van der Waals surface area contributed by atoms with Crippen molar-refractivity contribution in [2.24, 2.45) is 5.92 Å². The van der Waals surface area contributed by atoms with Gasteiger partial charge in [-0.25, -0.2) is 0 Å². The van der Waals surface area contributed by atoms with Crippen LogP contribution < -0.4 is 0 Å². The lowest BCUT2D eigenvalue weighted by Crippen LogP contribution is -2.23. The Balaban J connectivity index is 1.66. The smallest absolute Gasteiger partial charge is 0.163 e. The monoisotopic (exact) mass is 290 g/mol. The number of rotatable bonds is 6. The van der Waals surface area contributed by atoms with Crippen molar-refractivity contribution in [2.45, 2.75) is 70.4 Å². The van der Waals surface area contributed by atoms with E-state index in [2.05, 4.69) is 15.9 Å². The maximum absolute atomic E-state index is 5.92. The number of hydrogen-bond acceptors (Lipinski definition) is 2. The SMILES string of the molecule is CC1(C)O[C@H](CBr)[C@@H](CCCCC2CC2)O1. The summed E-state index contributed by atoms with van der Waals surface area (Å²) in [6.45, 7) is 4.01. The summed E-state index contributed by atoms with van der Waals surface area (Å²) < 4.78 is 11.8. The molecular weight excluding hydrogens is 268 g/mol. The minimum Gasteiger partial charge on any atom is -0.345 e. The average molecular weight is 291 g/mol. The Bertz CT molecular complexity index is 226. The van der Waals surface area contributed by atoms with Gasteiger partial charge in [-0.15, -0.1) is 0 Å². The zero-order chi connectivity index (χ0) is 11.6. The second-order valence-corrected chi connectivity index (χ2v) is 6.24. The molecule has 94 valence electrons. The Morgan fingerprint density at radius 2 is 1.69 bits per heavy atom. The van der Waals surface area contributed by atoms with Crippen LogP contribution in [-0.2, 0) is 9.47 Å². The first-order chi connectivity index (χ1) is 7.61. The summed E-state index contributed by atoms with van der Waals surface area (Å²) in [5.74, 6) is 0.670. The molecule has 0 spiro atoms. The molecule has 1 aliphatic carbocycles. The number of ether oxygens (including phenoxy) is 2. The molecule has 0 amide bonds. The van der Waals surface area contributed by atoms with Crippen LogP contribution in [0.25, 0.3) is 0 Å². The van der Waals surface area contributed by atoms with Crippen molar-refractivity contribution in [1.29, 1.82) is 0 Å². The highest BCUT2D eigenvalue weighted by atomic mass is 79.9. The molecule has 0 aromatic rings. The van der Waals surface area contributed by atoms with Gasteiger partial charge in [0.15, 0.2) is 5.79 Å². The molecule has 0 N–H and O–H groups in total. The summed E-state index contributed by atoms with van der Waals surface area (Å²) in [5.41, 5.74) is 0.